The number of hydrogen-bond donors (Lipinski definition) is 1. The highest BCUT2D eigenvalue weighted by Crippen LogP contribution is 1.95. The third-order valence-electron chi connectivity index (χ3n) is 1.18. The molecule has 1 rings (SSSR count). The van der Waals surface area contributed by atoms with E-state index in [4.69, 9.17) is 0 Å². The SMILES string of the molecule is CC(=O)ON1CC(=O)NC(=O)C1. The van der Waals surface area contributed by atoms with E-state index in [0.29, 0.717) is 0 Å². The van der Waals surface area contributed by atoms with Crippen LogP contribution >= 0.6 is 0 Å². The average Bonchev–Trinajstić information content (AvgIpc) is 1.81. The van der Waals surface area contributed by atoms with Gasteiger partial charge in [0, 0.05) is 6.92 Å². The Hall–Kier alpha value is -1.43. The van der Waals surface area contributed by atoms with Gasteiger partial charge < -0.3 is 4.84 Å². The Morgan fingerprint density at radius 1 is 1.42 bits per heavy atom. The fourth-order valence-electron chi connectivity index (χ4n) is 0.857. The second-order valence-corrected chi connectivity index (χ2v) is 2.35. The van der Waals surface area contributed by atoms with Crippen molar-refractivity contribution in [2.24, 2.45) is 0 Å². The van der Waals surface area contributed by atoms with Crippen LogP contribution in [-0.4, -0.2) is 35.9 Å². The van der Waals surface area contributed by atoms with Gasteiger partial charge in [0.1, 0.15) is 13.1 Å². The van der Waals surface area contributed by atoms with Gasteiger partial charge in [-0.3, -0.25) is 19.7 Å². The first-order chi connectivity index (χ1) is 5.58. The summed E-state index contributed by atoms with van der Waals surface area (Å²) in [5, 5.41) is 3.09. The molecule has 1 saturated heterocycles. The zero-order chi connectivity index (χ0) is 9.14. The van der Waals surface area contributed by atoms with Crippen molar-refractivity contribution >= 4 is 17.8 Å². The molecule has 12 heavy (non-hydrogen) atoms. The van der Waals surface area contributed by atoms with Crippen molar-refractivity contribution in [3.05, 3.63) is 0 Å². The van der Waals surface area contributed by atoms with Gasteiger partial charge in [-0.15, -0.1) is 5.06 Å². The summed E-state index contributed by atoms with van der Waals surface area (Å²) in [6.07, 6.45) is 0. The molecular formula is C6H8N2O4. The summed E-state index contributed by atoms with van der Waals surface area (Å²) in [4.78, 5) is 36.4. The highest BCUT2D eigenvalue weighted by molar-refractivity contribution is 5.99. The van der Waals surface area contributed by atoms with Crippen LogP contribution in [0.15, 0.2) is 0 Å². The summed E-state index contributed by atoms with van der Waals surface area (Å²) in [7, 11) is 0. The van der Waals surface area contributed by atoms with Crippen LogP contribution < -0.4 is 5.32 Å². The summed E-state index contributed by atoms with van der Waals surface area (Å²) in [5.41, 5.74) is 0. The largest absolute Gasteiger partial charge is 0.367 e. The molecule has 1 N–H and O–H groups in total. The smallest absolute Gasteiger partial charge is 0.322 e. The number of piperazine rings is 1. The first-order valence-electron chi connectivity index (χ1n) is 3.34. The second kappa shape index (κ2) is 3.31. The van der Waals surface area contributed by atoms with Crippen molar-refractivity contribution in [1.82, 2.24) is 10.4 Å². The second-order valence-electron chi connectivity index (χ2n) is 2.35. The fraction of sp³-hybridized carbons (Fsp3) is 0.500. The minimum atomic E-state index is -0.544. The predicted octanol–water partition coefficient (Wildman–Crippen LogP) is -1.58. The van der Waals surface area contributed by atoms with Crippen molar-refractivity contribution in [2.75, 3.05) is 13.1 Å². The third kappa shape index (κ3) is 2.31. The van der Waals surface area contributed by atoms with Crippen LogP contribution in [0.1, 0.15) is 6.92 Å². The third-order valence-corrected chi connectivity index (χ3v) is 1.18. The molecule has 0 aromatic carbocycles. The van der Waals surface area contributed by atoms with Crippen molar-refractivity contribution < 1.29 is 19.2 Å². The Morgan fingerprint density at radius 3 is 2.33 bits per heavy atom. The Kier molecular flexibility index (Phi) is 2.39. The molecule has 1 heterocycles. The molecule has 0 radical (unpaired) electrons. The fourth-order valence-corrected chi connectivity index (χ4v) is 0.857. The lowest BCUT2D eigenvalue weighted by atomic mass is 10.4. The number of imide groups is 1. The van der Waals surface area contributed by atoms with E-state index in [9.17, 15) is 14.4 Å². The minimum Gasteiger partial charge on any atom is -0.367 e. The van der Waals surface area contributed by atoms with Crippen LogP contribution in [0.25, 0.3) is 0 Å². The molecular weight excluding hydrogens is 164 g/mol. The molecule has 66 valence electrons. The molecule has 0 aliphatic carbocycles. The first-order valence-corrected chi connectivity index (χ1v) is 3.34. The molecule has 2 amide bonds. The highest BCUT2D eigenvalue weighted by Gasteiger charge is 2.24. The Morgan fingerprint density at radius 2 is 1.92 bits per heavy atom. The maximum absolute atomic E-state index is 10.7. The van der Waals surface area contributed by atoms with Gasteiger partial charge in [0.15, 0.2) is 0 Å². The van der Waals surface area contributed by atoms with E-state index >= 15 is 0 Å². The van der Waals surface area contributed by atoms with Gasteiger partial charge in [0.2, 0.25) is 11.8 Å². The molecule has 0 saturated carbocycles. The lowest BCUT2D eigenvalue weighted by Gasteiger charge is -2.22. The van der Waals surface area contributed by atoms with E-state index in [0.717, 1.165) is 5.06 Å². The zero-order valence-electron chi connectivity index (χ0n) is 6.49. The zero-order valence-corrected chi connectivity index (χ0v) is 6.49. The van der Waals surface area contributed by atoms with Crippen LogP contribution in [0, 0.1) is 0 Å². The normalized spacial score (nSPS) is 18.8. The Labute approximate surface area is 68.4 Å². The number of nitrogens with zero attached hydrogens (tertiary/aromatic N) is 1. The Balaban J connectivity index is 2.49. The Bertz CT molecular complexity index is 219. The van der Waals surface area contributed by atoms with Crippen LogP contribution in [0.3, 0.4) is 0 Å². The molecule has 1 fully saturated rings. The molecule has 1 aliphatic rings. The molecule has 0 spiro atoms. The molecule has 6 nitrogen and oxygen atoms in total. The first kappa shape index (κ1) is 8.66. The number of hydrogen-bond acceptors (Lipinski definition) is 5. The van der Waals surface area contributed by atoms with Gasteiger partial charge in [-0.25, -0.2) is 0 Å². The van der Waals surface area contributed by atoms with E-state index in [-0.39, 0.29) is 13.1 Å². The number of carbonyl (C=O) groups excluding carboxylic acids is 3. The number of nitrogens with one attached hydrogen (secondary N) is 1. The summed E-state index contributed by atoms with van der Waals surface area (Å²) >= 11 is 0. The summed E-state index contributed by atoms with van der Waals surface area (Å²) in [5.74, 6) is -1.47. The standard InChI is InChI=1S/C6H8N2O4/c1-4(9)12-8-2-5(10)7-6(11)3-8/h2-3H2,1H3,(H,7,10,11). The topological polar surface area (TPSA) is 75.7 Å². The maximum atomic E-state index is 10.7. The van der Waals surface area contributed by atoms with E-state index in [1.165, 1.54) is 6.92 Å². The lowest BCUT2D eigenvalue weighted by Crippen LogP contribution is -2.51. The van der Waals surface area contributed by atoms with Crippen molar-refractivity contribution in [3.8, 4) is 0 Å². The van der Waals surface area contributed by atoms with Crippen molar-refractivity contribution in [2.45, 2.75) is 6.92 Å². The van der Waals surface area contributed by atoms with Crippen molar-refractivity contribution in [1.29, 1.82) is 0 Å². The number of rotatable bonds is 1. The highest BCUT2D eigenvalue weighted by atomic mass is 16.7. The van der Waals surface area contributed by atoms with Crippen LogP contribution in [0.2, 0.25) is 0 Å². The summed E-state index contributed by atoms with van der Waals surface area (Å²) < 4.78 is 0. The number of amides is 2. The molecule has 6 heteroatoms. The van der Waals surface area contributed by atoms with Gasteiger partial charge in [-0.2, -0.15) is 0 Å². The van der Waals surface area contributed by atoms with Gasteiger partial charge >= 0.3 is 5.97 Å². The molecule has 0 bridgehead atoms. The number of carbonyl (C=O) groups is 3. The summed E-state index contributed by atoms with van der Waals surface area (Å²) in [6.45, 7) is 1.02. The van der Waals surface area contributed by atoms with Crippen LogP contribution in [0.4, 0.5) is 0 Å². The molecule has 0 atom stereocenters. The lowest BCUT2D eigenvalue weighted by molar-refractivity contribution is -0.192. The average molecular weight is 172 g/mol. The molecule has 0 aromatic heterocycles. The van der Waals surface area contributed by atoms with E-state index in [2.05, 4.69) is 10.2 Å². The van der Waals surface area contributed by atoms with Crippen molar-refractivity contribution in [3.63, 3.8) is 0 Å². The monoisotopic (exact) mass is 172 g/mol. The van der Waals surface area contributed by atoms with Crippen LogP contribution in [-0.2, 0) is 19.2 Å². The van der Waals surface area contributed by atoms with Gasteiger partial charge in [0.25, 0.3) is 0 Å². The molecule has 0 aromatic rings. The minimum absolute atomic E-state index is 0.0919. The van der Waals surface area contributed by atoms with Crippen LogP contribution in [0.5, 0.6) is 0 Å². The maximum Gasteiger partial charge on any atom is 0.322 e. The van der Waals surface area contributed by atoms with E-state index in [1.807, 2.05) is 0 Å². The number of hydroxylamine groups is 2. The van der Waals surface area contributed by atoms with E-state index < -0.39 is 17.8 Å². The van der Waals surface area contributed by atoms with Gasteiger partial charge in [-0.05, 0) is 0 Å². The predicted molar refractivity (Wildman–Crippen MR) is 36.5 cm³/mol. The molecule has 0 unspecified atom stereocenters. The summed E-state index contributed by atoms with van der Waals surface area (Å²) in [6, 6.07) is 0. The van der Waals surface area contributed by atoms with Gasteiger partial charge in [-0.1, -0.05) is 0 Å². The molecule has 1 aliphatic heterocycles. The quantitative estimate of drug-likeness (QED) is 0.483. The van der Waals surface area contributed by atoms with Gasteiger partial charge in [0.05, 0.1) is 0 Å². The van der Waals surface area contributed by atoms with E-state index in [1.54, 1.807) is 0 Å².